The minimum Gasteiger partial charge on any atom is -0.491 e. The molecular weight excluding hydrogens is 276 g/mol. The third-order valence-electron chi connectivity index (χ3n) is 5.47. The Balaban J connectivity index is 1.33. The van der Waals surface area contributed by atoms with Gasteiger partial charge in [-0.1, -0.05) is 17.7 Å². The van der Waals surface area contributed by atoms with Gasteiger partial charge in [0.2, 0.25) is 5.91 Å². The van der Waals surface area contributed by atoms with Gasteiger partial charge in [0, 0.05) is 5.92 Å². The first-order chi connectivity index (χ1) is 10.6. The molecule has 4 nitrogen and oxygen atoms in total. The molecule has 1 heterocycles. The molecule has 4 rings (SSSR count). The number of amides is 1. The summed E-state index contributed by atoms with van der Waals surface area (Å²) in [7, 11) is 0. The van der Waals surface area contributed by atoms with E-state index in [2.05, 4.69) is 36.6 Å². The van der Waals surface area contributed by atoms with Gasteiger partial charge in [-0.25, -0.2) is 0 Å². The molecule has 0 bridgehead atoms. The number of benzene rings is 1. The zero-order chi connectivity index (χ0) is 15.3. The van der Waals surface area contributed by atoms with Crippen molar-refractivity contribution < 1.29 is 9.53 Å². The number of hydrogen-bond donors (Lipinski definition) is 2. The third-order valence-corrected chi connectivity index (χ3v) is 5.47. The fraction of sp³-hybridized carbons (Fsp3) is 0.611. The maximum atomic E-state index is 12.4. The summed E-state index contributed by atoms with van der Waals surface area (Å²) in [6.45, 7) is 6.76. The number of rotatable bonds is 5. The van der Waals surface area contributed by atoms with Crippen molar-refractivity contribution in [3.8, 4) is 5.75 Å². The molecule has 1 saturated heterocycles. The Morgan fingerprint density at radius 3 is 2.68 bits per heavy atom. The normalized spacial score (nSPS) is 30.5. The highest BCUT2D eigenvalue weighted by molar-refractivity contribution is 5.83. The molecule has 1 unspecified atom stereocenters. The van der Waals surface area contributed by atoms with Gasteiger partial charge in [0.05, 0.1) is 5.54 Å². The average Bonchev–Trinajstić information content (AvgIpc) is 3.35. The number of carbonyl (C=O) groups is 1. The van der Waals surface area contributed by atoms with Crippen LogP contribution < -0.4 is 15.4 Å². The van der Waals surface area contributed by atoms with Crippen molar-refractivity contribution in [3.63, 3.8) is 0 Å². The second-order valence-corrected chi connectivity index (χ2v) is 7.34. The molecule has 3 aliphatic rings. The Morgan fingerprint density at radius 2 is 2.05 bits per heavy atom. The van der Waals surface area contributed by atoms with E-state index < -0.39 is 0 Å². The fourth-order valence-corrected chi connectivity index (χ4v) is 3.79. The lowest BCUT2D eigenvalue weighted by Gasteiger charge is -2.20. The van der Waals surface area contributed by atoms with Crippen molar-refractivity contribution in [1.29, 1.82) is 0 Å². The van der Waals surface area contributed by atoms with Crippen molar-refractivity contribution in [2.24, 2.45) is 17.8 Å². The highest BCUT2D eigenvalue weighted by Gasteiger charge is 2.58. The Bertz CT molecular complexity index is 599. The van der Waals surface area contributed by atoms with Gasteiger partial charge >= 0.3 is 0 Å². The zero-order valence-electron chi connectivity index (χ0n) is 13.3. The number of aryl methyl sites for hydroxylation is 2. The van der Waals surface area contributed by atoms with Crippen LogP contribution in [0.3, 0.4) is 0 Å². The summed E-state index contributed by atoms with van der Waals surface area (Å²) in [5.41, 5.74) is 2.29. The van der Waals surface area contributed by atoms with Crippen LogP contribution in [-0.2, 0) is 4.79 Å². The van der Waals surface area contributed by atoms with Gasteiger partial charge in [0.25, 0.3) is 0 Å². The van der Waals surface area contributed by atoms with E-state index in [1.54, 1.807) is 0 Å². The first-order valence-corrected chi connectivity index (χ1v) is 8.31. The highest BCUT2D eigenvalue weighted by atomic mass is 16.5. The third kappa shape index (κ3) is 2.50. The zero-order valence-corrected chi connectivity index (χ0v) is 13.3. The largest absolute Gasteiger partial charge is 0.491 e. The van der Waals surface area contributed by atoms with Gasteiger partial charge in [0.15, 0.2) is 0 Å². The van der Waals surface area contributed by atoms with Gasteiger partial charge in [0.1, 0.15) is 12.4 Å². The van der Waals surface area contributed by atoms with Crippen LogP contribution in [0.1, 0.15) is 24.0 Å². The van der Waals surface area contributed by atoms with E-state index in [-0.39, 0.29) is 17.4 Å². The molecule has 22 heavy (non-hydrogen) atoms. The van der Waals surface area contributed by atoms with E-state index in [1.165, 1.54) is 5.56 Å². The van der Waals surface area contributed by atoms with Crippen LogP contribution in [0.25, 0.3) is 0 Å². The number of fused-ring (bicyclic) bond motifs is 1. The summed E-state index contributed by atoms with van der Waals surface area (Å²) in [4.78, 5) is 12.4. The van der Waals surface area contributed by atoms with Crippen LogP contribution in [0.5, 0.6) is 5.75 Å². The van der Waals surface area contributed by atoms with E-state index in [9.17, 15) is 4.79 Å². The number of hydrogen-bond acceptors (Lipinski definition) is 3. The molecule has 4 heteroatoms. The van der Waals surface area contributed by atoms with Gasteiger partial charge in [-0.15, -0.1) is 0 Å². The van der Waals surface area contributed by atoms with Crippen molar-refractivity contribution >= 4 is 5.91 Å². The Labute approximate surface area is 131 Å². The van der Waals surface area contributed by atoms with Gasteiger partial charge in [-0.05, 0) is 63.2 Å². The van der Waals surface area contributed by atoms with E-state index >= 15 is 0 Å². The highest BCUT2D eigenvalue weighted by Crippen LogP contribution is 2.49. The Morgan fingerprint density at radius 1 is 1.32 bits per heavy atom. The quantitative estimate of drug-likeness (QED) is 0.872. The van der Waals surface area contributed by atoms with Crippen molar-refractivity contribution in [2.75, 3.05) is 19.7 Å². The minimum atomic E-state index is -0.112. The molecule has 1 aromatic rings. The molecule has 2 saturated carbocycles. The van der Waals surface area contributed by atoms with Crippen LogP contribution >= 0.6 is 0 Å². The molecule has 2 aliphatic carbocycles. The Kier molecular flexibility index (Phi) is 3.19. The molecule has 0 radical (unpaired) electrons. The van der Waals surface area contributed by atoms with Gasteiger partial charge < -0.3 is 15.4 Å². The van der Waals surface area contributed by atoms with Gasteiger partial charge in [-0.3, -0.25) is 4.79 Å². The molecule has 0 aromatic heterocycles. The molecule has 0 spiro atoms. The van der Waals surface area contributed by atoms with Crippen LogP contribution in [0.4, 0.5) is 0 Å². The molecule has 1 aliphatic heterocycles. The first-order valence-electron chi connectivity index (χ1n) is 8.31. The van der Waals surface area contributed by atoms with Crippen LogP contribution in [0.15, 0.2) is 18.2 Å². The van der Waals surface area contributed by atoms with E-state index in [1.807, 2.05) is 6.07 Å². The van der Waals surface area contributed by atoms with Gasteiger partial charge in [-0.2, -0.15) is 0 Å². The van der Waals surface area contributed by atoms with Crippen molar-refractivity contribution in [2.45, 2.75) is 32.2 Å². The fourth-order valence-electron chi connectivity index (χ4n) is 3.79. The molecule has 3 atom stereocenters. The van der Waals surface area contributed by atoms with E-state index in [0.717, 1.165) is 37.2 Å². The smallest absolute Gasteiger partial charge is 0.224 e. The molecule has 3 fully saturated rings. The second-order valence-electron chi connectivity index (χ2n) is 7.34. The number of piperidine rings is 1. The van der Waals surface area contributed by atoms with Crippen molar-refractivity contribution in [1.82, 2.24) is 10.6 Å². The Hall–Kier alpha value is -1.55. The number of carbonyl (C=O) groups excluding carboxylic acids is 1. The molecular formula is C18H24N2O2. The number of nitrogens with one attached hydrogen (secondary N) is 2. The topological polar surface area (TPSA) is 50.4 Å². The molecule has 118 valence electrons. The predicted molar refractivity (Wildman–Crippen MR) is 84.9 cm³/mol. The molecule has 1 aromatic carbocycles. The maximum Gasteiger partial charge on any atom is 0.224 e. The summed E-state index contributed by atoms with van der Waals surface area (Å²) in [6.07, 6.45) is 2.06. The summed E-state index contributed by atoms with van der Waals surface area (Å²) >= 11 is 0. The lowest BCUT2D eigenvalue weighted by atomic mass is 10.1. The summed E-state index contributed by atoms with van der Waals surface area (Å²) in [5.74, 6) is 2.59. The van der Waals surface area contributed by atoms with E-state index in [0.29, 0.717) is 18.4 Å². The van der Waals surface area contributed by atoms with Crippen LogP contribution in [0, 0.1) is 31.6 Å². The number of ether oxygens (including phenoxy) is 1. The van der Waals surface area contributed by atoms with E-state index in [4.69, 9.17) is 4.74 Å². The monoisotopic (exact) mass is 300 g/mol. The first kappa shape index (κ1) is 14.1. The lowest BCUT2D eigenvalue weighted by molar-refractivity contribution is -0.124. The van der Waals surface area contributed by atoms with Crippen LogP contribution in [0.2, 0.25) is 0 Å². The second kappa shape index (κ2) is 4.98. The summed E-state index contributed by atoms with van der Waals surface area (Å²) in [5, 5.41) is 6.61. The minimum absolute atomic E-state index is 0.112. The lowest BCUT2D eigenvalue weighted by Crippen LogP contribution is -2.43. The maximum absolute atomic E-state index is 12.4. The standard InChI is InChI=1S/C18H24N2O2/c1-11-3-4-15(12(2)7-11)22-10-18(5-6-18)20-17(21)16-13-8-19-9-14(13)16/h3-4,7,13-14,16,19H,5-6,8-10H2,1-2H3,(H,20,21)/t13-,14+,16?. The predicted octanol–water partition coefficient (Wildman–Crippen LogP) is 1.80. The van der Waals surface area contributed by atoms with Crippen LogP contribution in [-0.4, -0.2) is 31.1 Å². The summed E-state index contributed by atoms with van der Waals surface area (Å²) in [6, 6.07) is 6.23. The summed E-state index contributed by atoms with van der Waals surface area (Å²) < 4.78 is 5.99. The molecule has 2 N–H and O–H groups in total. The SMILES string of the molecule is Cc1ccc(OCC2(NC(=O)C3[C@H]4CNC[C@@H]34)CC2)c(C)c1. The molecule has 1 amide bonds. The van der Waals surface area contributed by atoms with Crippen molar-refractivity contribution in [3.05, 3.63) is 29.3 Å². The average molecular weight is 300 g/mol.